The summed E-state index contributed by atoms with van der Waals surface area (Å²) < 4.78 is 46.4. The Morgan fingerprint density at radius 3 is 0.920 bits per heavy atom. The Kier molecular flexibility index (Phi) is 49.5. The predicted octanol–water partition coefficient (Wildman–Crippen LogP) is 20.2. The molecule has 0 heterocycles. The standard InChI is InChI=1S/C53H80O8.2C19H28.C11H24O6.C6H10O2.C4H6O4.2CO2/c1-35(2)37-15-19-43-39(27-37)17-21-45-50(43,7)23-13-25-52(45,9)47(54)60-31-41(56-11)29-58-33-49(5,6)34-59-30-42(57-12)32-61-48(55)53(10)26-14-24-51(8)44-20-16-38(36(3)4)28-40(44)18-22-46(51)53;2*1-13(2)15-7-10-18-16(12-15)8-9-17-14(3)6-5-11-19(17,18)4;1-11(2,7-16-5-9(14)3-12)8-17-6-10(15)4-13;1-5(7)3-4-6(2)8;5-3(6)1-2-4(7)8;2*2-1-3/h15-16,19-20,27-28,35-36,41-42,45-46H,13-14,17-18,21-26,29-34H2,1-12H3;2*7,10,12-14,17H,5-6,8-9,11H2,1-4H3;9-10,12-15H,3-8H2,1-2H3;3-4H2,1-2H3;1-2H2,(H,5,6)(H,7,8);;. The Morgan fingerprint density at radius 2 is 0.659 bits per heavy atom. The number of carboxylic acids is 2. The Morgan fingerprint density at radius 1 is 0.391 bits per heavy atom. The van der Waals surface area contributed by atoms with Crippen molar-refractivity contribution in [3.63, 3.8) is 0 Å². The lowest BCUT2D eigenvalue weighted by Crippen LogP contribution is -2.53. The molecule has 0 amide bonds. The highest BCUT2D eigenvalue weighted by atomic mass is 16.6. The SMILES string of the molecule is CC(=O)CCC(C)=O.CC(C)(COCC(O)CO)COCC(O)CO.CC(C)c1ccc2c(c1)CCC1C(C)CCCC21C.CC(C)c1ccc2c(c1)CCC1C(C)CCCC21C.COC(COCC(C)(C)COCC(COC(=O)C1(C)CCCC2(C)c3ccc(C(C)C)cc3CCC12)OC)COC(=O)C1(C)CCCC2(C)c3ccc(C(C)C)cc3CCC12.O=C(O)CCC(=O)O.O=C=O.O=C=O. The fourth-order valence-electron chi connectivity index (χ4n) is 23.5. The van der Waals surface area contributed by atoms with Crippen molar-refractivity contribution in [2.75, 3.05) is 93.5 Å². The maximum atomic E-state index is 14.0. The lowest BCUT2D eigenvalue weighted by Gasteiger charge is -2.54. The summed E-state index contributed by atoms with van der Waals surface area (Å²) in [5.74, 6) is 4.20. The second-order valence-corrected chi connectivity index (χ2v) is 45.0. The number of benzene rings is 4. The zero-order valence-corrected chi connectivity index (χ0v) is 88.5. The third kappa shape index (κ3) is 34.4. The van der Waals surface area contributed by atoms with Crippen LogP contribution in [0.3, 0.4) is 0 Å². The maximum absolute atomic E-state index is 14.0. The molecule has 138 heavy (non-hydrogen) atoms. The molecule has 0 aliphatic heterocycles. The average Bonchev–Trinajstić information content (AvgIpc) is 0.690. The van der Waals surface area contributed by atoms with E-state index >= 15 is 0 Å². The smallest absolute Gasteiger partial charge is 0.373 e. The van der Waals surface area contributed by atoms with Gasteiger partial charge in [0.2, 0.25) is 0 Å². The Bertz CT molecular complexity index is 4230. The number of carbonyl (C=O) groups excluding carboxylic acids is 8. The molecule has 24 nitrogen and oxygen atoms in total. The first-order chi connectivity index (χ1) is 64.8. The summed E-state index contributed by atoms with van der Waals surface area (Å²) >= 11 is 0. The van der Waals surface area contributed by atoms with E-state index in [4.69, 9.17) is 87.7 Å². The first-order valence-electron chi connectivity index (χ1n) is 51.1. The Labute approximate surface area is 826 Å². The van der Waals surface area contributed by atoms with Crippen LogP contribution in [0.15, 0.2) is 72.8 Å². The molecule has 16 atom stereocenters. The summed E-state index contributed by atoms with van der Waals surface area (Å²) in [5, 5.41) is 51.1. The molecule has 0 saturated heterocycles. The number of carbonyl (C=O) groups is 6. The number of aliphatic carboxylic acids is 2. The van der Waals surface area contributed by atoms with Gasteiger partial charge in [-0.05, 0) is 265 Å². The molecule has 8 aliphatic rings. The van der Waals surface area contributed by atoms with Crippen LogP contribution in [-0.2, 0) is 133 Å². The van der Waals surface area contributed by atoms with Crippen molar-refractivity contribution in [1.29, 1.82) is 0 Å². The van der Waals surface area contributed by atoms with E-state index < -0.39 is 35.0 Å². The van der Waals surface area contributed by atoms with Crippen LogP contribution in [0.2, 0.25) is 0 Å². The second kappa shape index (κ2) is 56.5. The monoisotopic (exact) mass is 1930 g/mol. The van der Waals surface area contributed by atoms with Crippen LogP contribution in [0.1, 0.15) is 371 Å². The number of esters is 2. The van der Waals surface area contributed by atoms with Crippen LogP contribution >= 0.6 is 0 Å². The summed E-state index contributed by atoms with van der Waals surface area (Å²) in [6.07, 6.45) is 22.1. The number of hydrogen-bond donors (Lipinski definition) is 6. The van der Waals surface area contributed by atoms with Gasteiger partial charge in [-0.3, -0.25) is 19.2 Å². The van der Waals surface area contributed by atoms with Crippen LogP contribution < -0.4 is 0 Å². The van der Waals surface area contributed by atoms with Crippen molar-refractivity contribution in [2.45, 2.75) is 376 Å². The molecule has 8 aliphatic carbocycles. The molecule has 16 unspecified atom stereocenters. The van der Waals surface area contributed by atoms with Gasteiger partial charge in [0.1, 0.15) is 49.2 Å². The molecular weight excluding hydrogens is 1750 g/mol. The number of aliphatic hydroxyl groups excluding tert-OH is 4. The topological polar surface area (TPSA) is 366 Å². The predicted molar refractivity (Wildman–Crippen MR) is 534 cm³/mol. The third-order valence-electron chi connectivity index (χ3n) is 31.5. The van der Waals surface area contributed by atoms with Crippen molar-refractivity contribution in [3.05, 3.63) is 140 Å². The number of aryl methyl sites for hydroxylation is 4. The summed E-state index contributed by atoms with van der Waals surface area (Å²) in [6, 6.07) is 28.8. The lowest BCUT2D eigenvalue weighted by atomic mass is 9.49. The van der Waals surface area contributed by atoms with Gasteiger partial charge >= 0.3 is 36.2 Å². The van der Waals surface area contributed by atoms with Crippen LogP contribution in [0, 0.1) is 57.2 Å². The van der Waals surface area contributed by atoms with Gasteiger partial charge in [-0.2, -0.15) is 19.2 Å². The molecule has 0 radical (unpaired) electrons. The van der Waals surface area contributed by atoms with Crippen LogP contribution in [0.5, 0.6) is 0 Å². The molecule has 4 fully saturated rings. The average molecular weight is 1930 g/mol. The zero-order valence-electron chi connectivity index (χ0n) is 88.5. The van der Waals surface area contributed by atoms with E-state index in [0.29, 0.717) is 87.0 Å². The quantitative estimate of drug-likeness (QED) is 0.0230. The fourth-order valence-corrected chi connectivity index (χ4v) is 23.5. The molecular formula is C114H176O24. The minimum Gasteiger partial charge on any atom is -0.481 e. The van der Waals surface area contributed by atoms with Gasteiger partial charge < -0.3 is 78.1 Å². The minimum absolute atomic E-state index is 0.0444. The molecule has 12 rings (SSSR count). The highest BCUT2D eigenvalue weighted by molar-refractivity contribution is 5.83. The number of rotatable bonds is 36. The molecule has 0 aromatic heterocycles. The number of ketones is 2. The van der Waals surface area contributed by atoms with Gasteiger partial charge in [0.05, 0.1) is 89.7 Å². The van der Waals surface area contributed by atoms with Gasteiger partial charge in [-0.15, -0.1) is 0 Å². The largest absolute Gasteiger partial charge is 0.481 e. The number of fused-ring (bicyclic) bond motifs is 12. The zero-order chi connectivity index (χ0) is 103. The molecule has 0 bridgehead atoms. The van der Waals surface area contributed by atoms with Crippen molar-refractivity contribution in [1.82, 2.24) is 0 Å². The molecule has 0 spiro atoms. The highest BCUT2D eigenvalue weighted by Gasteiger charge is 2.58. The van der Waals surface area contributed by atoms with Gasteiger partial charge in [-0.25, -0.2) is 0 Å². The number of aliphatic hydroxyl groups is 4. The fraction of sp³-hybridized carbons (Fsp3) is 0.719. The minimum atomic E-state index is -1.08. The highest BCUT2D eigenvalue weighted by Crippen LogP contribution is 2.61. The van der Waals surface area contributed by atoms with Gasteiger partial charge in [0.25, 0.3) is 0 Å². The molecule has 24 heteroatoms. The molecule has 776 valence electrons. The molecule has 4 aromatic rings. The second-order valence-electron chi connectivity index (χ2n) is 45.0. The number of methoxy groups -OCH3 is 2. The lowest BCUT2D eigenvalue weighted by molar-refractivity contribution is -0.193. The van der Waals surface area contributed by atoms with Crippen LogP contribution in [0.25, 0.3) is 0 Å². The van der Waals surface area contributed by atoms with E-state index in [0.717, 1.165) is 87.9 Å². The number of Topliss-reactive ketones (excluding diaryl/α,β-unsaturated/α-hetero) is 2. The summed E-state index contributed by atoms with van der Waals surface area (Å²) in [4.78, 5) is 100. The summed E-state index contributed by atoms with van der Waals surface area (Å²) in [6.45, 7) is 50.3. The van der Waals surface area contributed by atoms with Crippen molar-refractivity contribution < 1.29 is 116 Å². The number of carboxylic acid groups (broad SMARTS) is 2. The first-order valence-corrected chi connectivity index (χ1v) is 51.1. The van der Waals surface area contributed by atoms with E-state index in [1.807, 2.05) is 13.8 Å². The van der Waals surface area contributed by atoms with Crippen LogP contribution in [-0.4, -0.2) is 196 Å². The Hall–Kier alpha value is -7.54. The van der Waals surface area contributed by atoms with E-state index in [2.05, 4.69) is 197 Å². The maximum Gasteiger partial charge on any atom is 0.373 e. The van der Waals surface area contributed by atoms with Gasteiger partial charge in [0.15, 0.2) is 0 Å². The summed E-state index contributed by atoms with van der Waals surface area (Å²) in [7, 11) is 3.28. The van der Waals surface area contributed by atoms with E-state index in [9.17, 15) is 28.8 Å². The van der Waals surface area contributed by atoms with E-state index in [1.165, 1.54) is 123 Å². The van der Waals surface area contributed by atoms with Crippen molar-refractivity contribution in [2.24, 2.45) is 57.2 Å². The van der Waals surface area contributed by atoms with Crippen molar-refractivity contribution in [3.8, 4) is 0 Å². The van der Waals surface area contributed by atoms with Gasteiger partial charge in [-0.1, -0.05) is 236 Å². The van der Waals surface area contributed by atoms with E-state index in [-0.39, 0.29) is 134 Å². The normalized spacial score (nSPS) is 25.5. The number of hydrogen-bond acceptors (Lipinski definition) is 22. The Balaban J connectivity index is 0.000000350. The molecule has 4 saturated carbocycles. The molecule has 4 aromatic carbocycles. The van der Waals surface area contributed by atoms with E-state index in [1.54, 1.807) is 36.5 Å². The number of ether oxygens (including phenoxy) is 8. The summed E-state index contributed by atoms with van der Waals surface area (Å²) in [5.41, 5.74) is 17.4. The molecule has 6 N–H and O–H groups in total. The van der Waals surface area contributed by atoms with Crippen LogP contribution in [0.4, 0.5) is 0 Å². The third-order valence-corrected chi connectivity index (χ3v) is 31.5. The van der Waals surface area contributed by atoms with Gasteiger partial charge in [0, 0.05) is 37.9 Å². The van der Waals surface area contributed by atoms with Crippen molar-refractivity contribution >= 4 is 47.7 Å². The first kappa shape index (κ1) is 121.